The van der Waals surface area contributed by atoms with Crippen LogP contribution in [0.2, 0.25) is 0 Å². The molecule has 9 heteroatoms. The van der Waals surface area contributed by atoms with Crippen molar-refractivity contribution in [3.8, 4) is 0 Å². The molecule has 0 saturated carbocycles. The number of hydrogen-bond donors (Lipinski definition) is 1. The average Bonchev–Trinajstić information content (AvgIpc) is 3.05. The zero-order valence-electron chi connectivity index (χ0n) is 13.0. The number of aromatic nitrogens is 3. The summed E-state index contributed by atoms with van der Waals surface area (Å²) < 4.78 is 10.4. The number of hydrogen-bond acceptors (Lipinski definition) is 7. The third kappa shape index (κ3) is 3.56. The smallest absolute Gasteiger partial charge is 0.361 e. The summed E-state index contributed by atoms with van der Waals surface area (Å²) >= 11 is 2.06. The Morgan fingerprint density at radius 2 is 1.83 bits per heavy atom. The first-order valence-corrected chi connectivity index (χ1v) is 8.21. The molecule has 128 valence electrons. The average molecular weight is 445 g/mol. The molecule has 0 bridgehead atoms. The number of esters is 2. The summed E-state index contributed by atoms with van der Waals surface area (Å²) in [6, 6.07) is 8.68. The highest BCUT2D eigenvalue weighted by molar-refractivity contribution is 14.1. The minimum Gasteiger partial charge on any atom is -0.464 e. The second-order valence-corrected chi connectivity index (χ2v) is 6.37. The van der Waals surface area contributed by atoms with Gasteiger partial charge in [0.15, 0.2) is 5.69 Å². The van der Waals surface area contributed by atoms with E-state index in [1.165, 1.54) is 18.9 Å². The van der Waals surface area contributed by atoms with Gasteiger partial charge in [0, 0.05) is 0 Å². The van der Waals surface area contributed by atoms with E-state index in [1.54, 1.807) is 0 Å². The van der Waals surface area contributed by atoms with Crippen LogP contribution in [0.5, 0.6) is 0 Å². The number of ether oxygens (including phenoxy) is 2. The highest BCUT2D eigenvalue weighted by Gasteiger charge is 2.33. The number of carbonyl (C=O) groups excluding carboxylic acids is 2. The Hall–Kier alpha value is -2.01. The van der Waals surface area contributed by atoms with E-state index < -0.39 is 18.0 Å². The highest BCUT2D eigenvalue weighted by atomic mass is 127. The fourth-order valence-corrected chi connectivity index (χ4v) is 2.98. The molecule has 0 radical (unpaired) electrons. The lowest BCUT2D eigenvalue weighted by atomic mass is 10.0. The van der Waals surface area contributed by atoms with Gasteiger partial charge in [-0.3, -0.25) is 0 Å². The van der Waals surface area contributed by atoms with Crippen molar-refractivity contribution in [2.24, 2.45) is 0 Å². The molecule has 2 aromatic rings. The number of alkyl halides is 1. The molecule has 1 aromatic heterocycles. The zero-order valence-corrected chi connectivity index (χ0v) is 15.2. The molecular weight excluding hydrogens is 429 g/mol. The Morgan fingerprint density at radius 1 is 1.21 bits per heavy atom. The summed E-state index contributed by atoms with van der Waals surface area (Å²) in [7, 11) is 2.39. The molecule has 0 aliphatic rings. The Bertz CT molecular complexity index is 719. The van der Waals surface area contributed by atoms with E-state index >= 15 is 0 Å². The fourth-order valence-electron chi connectivity index (χ4n) is 2.26. The van der Waals surface area contributed by atoms with Gasteiger partial charge in [-0.1, -0.05) is 58.1 Å². The predicted octanol–water partition coefficient (Wildman–Crippen LogP) is 1.24. The monoisotopic (exact) mass is 445 g/mol. The summed E-state index contributed by atoms with van der Waals surface area (Å²) in [6.45, 7) is -0.159. The molecule has 2 atom stereocenters. The van der Waals surface area contributed by atoms with Gasteiger partial charge < -0.3 is 14.6 Å². The van der Waals surface area contributed by atoms with Crippen LogP contribution in [0.25, 0.3) is 0 Å². The minimum absolute atomic E-state index is 0.117. The van der Waals surface area contributed by atoms with Crippen LogP contribution in [0.3, 0.4) is 0 Å². The fraction of sp³-hybridized carbons (Fsp3) is 0.333. The van der Waals surface area contributed by atoms with Crippen molar-refractivity contribution in [1.29, 1.82) is 0 Å². The SMILES string of the molecule is COC(=O)c1nnn([C@@H](c2ccccc2)[C@H](I)CO)c1C(=O)OC. The van der Waals surface area contributed by atoms with E-state index in [0.29, 0.717) is 0 Å². The molecule has 2 rings (SSSR count). The number of benzene rings is 1. The Labute approximate surface area is 151 Å². The number of nitrogens with zero attached hydrogens (tertiary/aromatic N) is 3. The third-order valence-electron chi connectivity index (χ3n) is 3.37. The van der Waals surface area contributed by atoms with Crippen molar-refractivity contribution < 1.29 is 24.2 Å². The zero-order chi connectivity index (χ0) is 17.7. The van der Waals surface area contributed by atoms with Gasteiger partial charge >= 0.3 is 11.9 Å². The molecule has 0 aliphatic heterocycles. The molecular formula is C15H16IN3O5. The summed E-state index contributed by atoms with van der Waals surface area (Å²) in [5.41, 5.74) is 0.456. The van der Waals surface area contributed by atoms with Gasteiger partial charge in [-0.05, 0) is 5.56 Å². The van der Waals surface area contributed by atoms with Crippen molar-refractivity contribution in [2.75, 3.05) is 20.8 Å². The van der Waals surface area contributed by atoms with Gasteiger partial charge in [-0.2, -0.15) is 0 Å². The van der Waals surface area contributed by atoms with E-state index in [-0.39, 0.29) is 21.9 Å². The lowest BCUT2D eigenvalue weighted by Gasteiger charge is -2.23. The van der Waals surface area contributed by atoms with E-state index in [4.69, 9.17) is 4.74 Å². The largest absolute Gasteiger partial charge is 0.464 e. The summed E-state index contributed by atoms with van der Waals surface area (Å²) in [6.07, 6.45) is 0. The molecule has 0 amide bonds. The Morgan fingerprint density at radius 3 is 2.38 bits per heavy atom. The Kier molecular flexibility index (Phi) is 6.26. The maximum absolute atomic E-state index is 12.2. The highest BCUT2D eigenvalue weighted by Crippen LogP contribution is 2.29. The van der Waals surface area contributed by atoms with E-state index in [2.05, 4.69) is 37.6 Å². The number of aliphatic hydroxyl groups excluding tert-OH is 1. The van der Waals surface area contributed by atoms with Crippen LogP contribution in [0.1, 0.15) is 32.6 Å². The maximum Gasteiger partial charge on any atom is 0.361 e. The van der Waals surface area contributed by atoms with Gasteiger partial charge in [0.05, 0.1) is 30.8 Å². The molecule has 0 saturated heterocycles. The summed E-state index contributed by atoms with van der Waals surface area (Å²) in [5, 5.41) is 17.3. The molecule has 0 spiro atoms. The molecule has 8 nitrogen and oxygen atoms in total. The topological polar surface area (TPSA) is 104 Å². The second kappa shape index (κ2) is 8.20. The first kappa shape index (κ1) is 18.3. The second-order valence-electron chi connectivity index (χ2n) is 4.77. The number of rotatable bonds is 6. The van der Waals surface area contributed by atoms with Crippen molar-refractivity contribution in [3.05, 3.63) is 47.3 Å². The number of aliphatic hydroxyl groups is 1. The van der Waals surface area contributed by atoms with Crippen LogP contribution in [-0.4, -0.2) is 56.8 Å². The number of carbonyl (C=O) groups is 2. The first-order chi connectivity index (χ1) is 11.5. The van der Waals surface area contributed by atoms with Gasteiger partial charge in [0.25, 0.3) is 0 Å². The van der Waals surface area contributed by atoms with Crippen molar-refractivity contribution in [2.45, 2.75) is 9.97 Å². The molecule has 1 aromatic carbocycles. The van der Waals surface area contributed by atoms with Gasteiger partial charge in [0.1, 0.15) is 0 Å². The summed E-state index contributed by atoms with van der Waals surface area (Å²) in [4.78, 5) is 24.1. The molecule has 0 fully saturated rings. The maximum atomic E-state index is 12.2. The summed E-state index contributed by atoms with van der Waals surface area (Å²) in [5.74, 6) is -1.55. The third-order valence-corrected chi connectivity index (χ3v) is 4.45. The van der Waals surface area contributed by atoms with Gasteiger partial charge in [-0.15, -0.1) is 5.10 Å². The normalized spacial score (nSPS) is 13.2. The lowest BCUT2D eigenvalue weighted by Crippen LogP contribution is -2.28. The molecule has 0 aliphatic carbocycles. The first-order valence-electron chi connectivity index (χ1n) is 6.96. The molecule has 1 heterocycles. The van der Waals surface area contributed by atoms with Crippen LogP contribution >= 0.6 is 22.6 Å². The quantitative estimate of drug-likeness (QED) is 0.406. The molecule has 24 heavy (non-hydrogen) atoms. The van der Waals surface area contributed by atoms with Crippen LogP contribution < -0.4 is 0 Å². The minimum atomic E-state index is -0.789. The van der Waals surface area contributed by atoms with Crippen LogP contribution in [0.4, 0.5) is 0 Å². The van der Waals surface area contributed by atoms with Crippen LogP contribution in [0.15, 0.2) is 30.3 Å². The number of methoxy groups -OCH3 is 2. The standard InChI is InChI=1S/C15H16IN3O5/c1-23-14(21)11-13(15(22)24-2)19(18-17-11)12(10(16)8-20)9-6-4-3-5-7-9/h3-7,10,12,20H,8H2,1-2H3/t10-,12+/m1/s1. The van der Waals surface area contributed by atoms with Gasteiger partial charge in [-0.25, -0.2) is 14.3 Å². The lowest BCUT2D eigenvalue weighted by molar-refractivity contribution is 0.0542. The van der Waals surface area contributed by atoms with Crippen molar-refractivity contribution in [3.63, 3.8) is 0 Å². The van der Waals surface area contributed by atoms with E-state index in [1.807, 2.05) is 30.3 Å². The van der Waals surface area contributed by atoms with Gasteiger partial charge in [0.2, 0.25) is 5.69 Å². The van der Waals surface area contributed by atoms with E-state index in [9.17, 15) is 14.7 Å². The number of halogens is 1. The van der Waals surface area contributed by atoms with E-state index in [0.717, 1.165) is 5.56 Å². The van der Waals surface area contributed by atoms with Crippen molar-refractivity contribution >= 4 is 34.5 Å². The van der Waals surface area contributed by atoms with Crippen LogP contribution in [-0.2, 0) is 9.47 Å². The van der Waals surface area contributed by atoms with Crippen LogP contribution in [0, 0.1) is 0 Å². The molecule has 0 unspecified atom stereocenters. The Balaban J connectivity index is 2.64. The molecule has 1 N–H and O–H groups in total. The van der Waals surface area contributed by atoms with Crippen molar-refractivity contribution in [1.82, 2.24) is 15.0 Å². The predicted molar refractivity (Wildman–Crippen MR) is 92.2 cm³/mol.